The van der Waals surface area contributed by atoms with Crippen LogP contribution in [0.1, 0.15) is 73.6 Å². The summed E-state index contributed by atoms with van der Waals surface area (Å²) in [5, 5.41) is 0. The summed E-state index contributed by atoms with van der Waals surface area (Å²) in [4.78, 5) is 5.34. The molecule has 2 saturated heterocycles. The third-order valence-corrected chi connectivity index (χ3v) is 5.31. The second kappa shape index (κ2) is 8.51. The van der Waals surface area contributed by atoms with Crippen molar-refractivity contribution in [2.24, 2.45) is 11.3 Å². The topological polar surface area (TPSA) is 15.7 Å². The molecule has 0 aliphatic carbocycles. The highest BCUT2D eigenvalue weighted by Gasteiger charge is 2.26. The van der Waals surface area contributed by atoms with E-state index >= 15 is 0 Å². The van der Waals surface area contributed by atoms with Gasteiger partial charge in [-0.3, -0.25) is 0 Å². The Morgan fingerprint density at radius 1 is 0.792 bits per heavy atom. The van der Waals surface area contributed by atoms with Crippen molar-refractivity contribution in [3.63, 3.8) is 0 Å². The van der Waals surface area contributed by atoms with Crippen molar-refractivity contribution in [2.45, 2.75) is 85.4 Å². The van der Waals surface area contributed by atoms with Crippen LogP contribution in [0.25, 0.3) is 0 Å². The normalized spacial score (nSPS) is 23.8. The lowest BCUT2D eigenvalue weighted by Crippen LogP contribution is -2.42. The van der Waals surface area contributed by atoms with Crippen molar-refractivity contribution in [1.29, 1.82) is 0 Å². The fraction of sp³-hybridized carbons (Fsp3) is 1.00. The van der Waals surface area contributed by atoms with Crippen LogP contribution in [-0.2, 0) is 4.74 Å². The molecular formula is C21H42N2O. The minimum Gasteiger partial charge on any atom is -0.373 e. The molecule has 0 radical (unpaired) electrons. The van der Waals surface area contributed by atoms with Gasteiger partial charge in [-0.15, -0.1) is 0 Å². The zero-order chi connectivity index (χ0) is 17.8. The van der Waals surface area contributed by atoms with Gasteiger partial charge < -0.3 is 14.5 Å². The number of rotatable bonds is 5. The van der Waals surface area contributed by atoms with E-state index in [1.54, 1.807) is 0 Å². The van der Waals surface area contributed by atoms with Gasteiger partial charge in [0.05, 0.1) is 11.7 Å². The van der Waals surface area contributed by atoms with Gasteiger partial charge in [-0.1, -0.05) is 20.8 Å². The lowest BCUT2D eigenvalue weighted by molar-refractivity contribution is -0.0823. The molecule has 2 aliphatic heterocycles. The number of ether oxygens (including phenoxy) is 1. The molecule has 0 aromatic heterocycles. The predicted molar refractivity (Wildman–Crippen MR) is 104 cm³/mol. The Kier molecular flexibility index (Phi) is 7.16. The quantitative estimate of drug-likeness (QED) is 0.738. The second-order valence-electron chi connectivity index (χ2n) is 10.3. The van der Waals surface area contributed by atoms with E-state index in [1.807, 2.05) is 0 Å². The van der Waals surface area contributed by atoms with E-state index in [0.717, 1.165) is 5.92 Å². The van der Waals surface area contributed by atoms with Crippen molar-refractivity contribution < 1.29 is 4.74 Å². The molecule has 0 N–H and O–H groups in total. The average Bonchev–Trinajstić information content (AvgIpc) is 2.45. The fourth-order valence-corrected chi connectivity index (χ4v) is 4.22. The molecule has 24 heavy (non-hydrogen) atoms. The van der Waals surface area contributed by atoms with Gasteiger partial charge in [-0.25, -0.2) is 0 Å². The molecule has 2 fully saturated rings. The molecule has 2 aliphatic rings. The molecule has 3 nitrogen and oxygen atoms in total. The minimum absolute atomic E-state index is 0.00780. The maximum atomic E-state index is 6.14. The highest BCUT2D eigenvalue weighted by Crippen LogP contribution is 2.25. The molecule has 0 aromatic carbocycles. The first-order chi connectivity index (χ1) is 11.1. The maximum Gasteiger partial charge on any atom is 0.0606 e. The Balaban J connectivity index is 1.59. The minimum atomic E-state index is 0.00780. The van der Waals surface area contributed by atoms with Crippen LogP contribution in [0, 0.1) is 11.3 Å². The largest absolute Gasteiger partial charge is 0.373 e. The Hall–Kier alpha value is -0.120. The van der Waals surface area contributed by atoms with Crippen LogP contribution < -0.4 is 0 Å². The fourth-order valence-electron chi connectivity index (χ4n) is 4.22. The summed E-state index contributed by atoms with van der Waals surface area (Å²) in [5.74, 6) is 0.949. The van der Waals surface area contributed by atoms with Gasteiger partial charge in [0, 0.05) is 19.6 Å². The molecule has 0 bridgehead atoms. The Morgan fingerprint density at radius 2 is 1.33 bits per heavy atom. The Labute approximate surface area is 151 Å². The first kappa shape index (κ1) is 20.2. The van der Waals surface area contributed by atoms with Crippen molar-refractivity contribution in [3.8, 4) is 0 Å². The van der Waals surface area contributed by atoms with E-state index in [9.17, 15) is 0 Å². The van der Waals surface area contributed by atoms with E-state index in [2.05, 4.69) is 51.3 Å². The molecular weight excluding hydrogens is 296 g/mol. The van der Waals surface area contributed by atoms with Crippen LogP contribution in [0.15, 0.2) is 0 Å². The molecule has 2 rings (SSSR count). The standard InChI is InChI=1S/C21H42N2O/c1-20(2,3)17-23-13-8-18(9-14-23)7-12-22-15-10-19(11-16-22)24-21(4,5)6/h18-19H,7-17H2,1-6H3. The molecule has 3 heteroatoms. The first-order valence-electron chi connectivity index (χ1n) is 10.2. The molecule has 0 spiro atoms. The van der Waals surface area contributed by atoms with Crippen LogP contribution in [0.4, 0.5) is 0 Å². The van der Waals surface area contributed by atoms with Gasteiger partial charge in [0.25, 0.3) is 0 Å². The van der Waals surface area contributed by atoms with Crippen LogP contribution >= 0.6 is 0 Å². The van der Waals surface area contributed by atoms with E-state index < -0.39 is 0 Å². The SMILES string of the molecule is CC(C)(C)CN1CCC(CCN2CCC(OC(C)(C)C)CC2)CC1. The maximum absolute atomic E-state index is 6.14. The summed E-state index contributed by atoms with van der Waals surface area (Å²) in [6.45, 7) is 21.2. The molecule has 0 amide bonds. The zero-order valence-electron chi connectivity index (χ0n) is 17.2. The number of likely N-dealkylation sites (tertiary alicyclic amines) is 2. The lowest BCUT2D eigenvalue weighted by atomic mass is 9.90. The van der Waals surface area contributed by atoms with Crippen LogP contribution in [0.3, 0.4) is 0 Å². The highest BCUT2D eigenvalue weighted by atomic mass is 16.5. The van der Waals surface area contributed by atoms with E-state index in [0.29, 0.717) is 11.5 Å². The van der Waals surface area contributed by atoms with E-state index in [4.69, 9.17) is 4.74 Å². The summed E-state index contributed by atoms with van der Waals surface area (Å²) in [6.07, 6.45) is 7.10. The predicted octanol–water partition coefficient (Wildman–Crippen LogP) is 4.41. The number of hydrogen-bond donors (Lipinski definition) is 0. The molecule has 0 atom stereocenters. The van der Waals surface area contributed by atoms with Gasteiger partial charge in [-0.2, -0.15) is 0 Å². The Morgan fingerprint density at radius 3 is 1.83 bits per heavy atom. The smallest absolute Gasteiger partial charge is 0.0606 e. The van der Waals surface area contributed by atoms with Crippen molar-refractivity contribution in [3.05, 3.63) is 0 Å². The van der Waals surface area contributed by atoms with Gasteiger partial charge in [0.2, 0.25) is 0 Å². The van der Waals surface area contributed by atoms with Gasteiger partial charge in [0.1, 0.15) is 0 Å². The summed E-state index contributed by atoms with van der Waals surface area (Å²) >= 11 is 0. The highest BCUT2D eigenvalue weighted by molar-refractivity contribution is 4.79. The number of hydrogen-bond acceptors (Lipinski definition) is 3. The van der Waals surface area contributed by atoms with Crippen LogP contribution in [-0.4, -0.2) is 60.8 Å². The van der Waals surface area contributed by atoms with Crippen molar-refractivity contribution in [2.75, 3.05) is 39.3 Å². The summed E-state index contributed by atoms with van der Waals surface area (Å²) in [6, 6.07) is 0. The molecule has 0 aromatic rings. The molecule has 142 valence electrons. The molecule has 2 heterocycles. The number of nitrogens with zero attached hydrogens (tertiary/aromatic N) is 2. The third-order valence-electron chi connectivity index (χ3n) is 5.31. The van der Waals surface area contributed by atoms with Crippen LogP contribution in [0.5, 0.6) is 0 Å². The first-order valence-corrected chi connectivity index (χ1v) is 10.2. The summed E-state index contributed by atoms with van der Waals surface area (Å²) < 4.78 is 6.14. The average molecular weight is 339 g/mol. The van der Waals surface area contributed by atoms with Gasteiger partial charge in [-0.05, 0) is 83.8 Å². The molecule has 0 saturated carbocycles. The monoisotopic (exact) mass is 338 g/mol. The second-order valence-corrected chi connectivity index (χ2v) is 10.3. The third kappa shape index (κ3) is 7.84. The van der Waals surface area contributed by atoms with Gasteiger partial charge in [0.15, 0.2) is 0 Å². The van der Waals surface area contributed by atoms with Crippen molar-refractivity contribution >= 4 is 0 Å². The van der Waals surface area contributed by atoms with Crippen molar-refractivity contribution in [1.82, 2.24) is 9.80 Å². The Bertz CT molecular complexity index is 317. The van der Waals surface area contributed by atoms with Gasteiger partial charge >= 0.3 is 0 Å². The zero-order valence-corrected chi connectivity index (χ0v) is 17.2. The van der Waals surface area contributed by atoms with Crippen LogP contribution in [0.2, 0.25) is 0 Å². The number of piperidine rings is 2. The van der Waals surface area contributed by atoms with E-state index in [-0.39, 0.29) is 5.60 Å². The lowest BCUT2D eigenvalue weighted by Gasteiger charge is -2.38. The summed E-state index contributed by atoms with van der Waals surface area (Å²) in [7, 11) is 0. The molecule has 0 unspecified atom stereocenters. The van der Waals surface area contributed by atoms with E-state index in [1.165, 1.54) is 71.4 Å². The summed E-state index contributed by atoms with van der Waals surface area (Å²) in [5.41, 5.74) is 0.445.